The van der Waals surface area contributed by atoms with Gasteiger partial charge in [-0.25, -0.2) is 0 Å². The maximum absolute atomic E-state index is 6.15. The molecule has 0 radical (unpaired) electrons. The SMILES string of the molecule is CNC(c1ccc(Br)c(Cl)c1)c1ncccc1OC. The number of hydrogen-bond acceptors (Lipinski definition) is 3. The van der Waals surface area contributed by atoms with Crippen LogP contribution in [-0.4, -0.2) is 19.1 Å². The first-order valence-corrected chi connectivity index (χ1v) is 6.95. The number of rotatable bonds is 4. The summed E-state index contributed by atoms with van der Waals surface area (Å²) in [6.45, 7) is 0. The van der Waals surface area contributed by atoms with E-state index in [1.807, 2.05) is 37.4 Å². The third kappa shape index (κ3) is 3.08. The van der Waals surface area contributed by atoms with Crippen molar-refractivity contribution in [2.45, 2.75) is 6.04 Å². The van der Waals surface area contributed by atoms with Gasteiger partial charge in [0.25, 0.3) is 0 Å². The Bertz CT molecular complexity index is 577. The molecule has 1 heterocycles. The zero-order valence-corrected chi connectivity index (χ0v) is 13.0. The van der Waals surface area contributed by atoms with Crippen LogP contribution >= 0.6 is 27.5 Å². The molecule has 0 amide bonds. The zero-order valence-electron chi connectivity index (χ0n) is 10.7. The number of pyridine rings is 1. The van der Waals surface area contributed by atoms with E-state index in [0.717, 1.165) is 21.5 Å². The van der Waals surface area contributed by atoms with Crippen molar-refractivity contribution in [2.24, 2.45) is 0 Å². The molecule has 0 bridgehead atoms. The highest BCUT2D eigenvalue weighted by Gasteiger charge is 2.18. The number of ether oxygens (including phenoxy) is 1. The molecular formula is C14H14BrClN2O. The van der Waals surface area contributed by atoms with Crippen molar-refractivity contribution < 1.29 is 4.74 Å². The average molecular weight is 342 g/mol. The summed E-state index contributed by atoms with van der Waals surface area (Å²) in [5, 5.41) is 3.91. The van der Waals surface area contributed by atoms with Crippen LogP contribution in [0.5, 0.6) is 5.75 Å². The van der Waals surface area contributed by atoms with Gasteiger partial charge in [-0.05, 0) is 52.8 Å². The van der Waals surface area contributed by atoms with Gasteiger partial charge in [0.15, 0.2) is 0 Å². The van der Waals surface area contributed by atoms with E-state index in [9.17, 15) is 0 Å². The Morgan fingerprint density at radius 1 is 1.37 bits per heavy atom. The van der Waals surface area contributed by atoms with Crippen molar-refractivity contribution >= 4 is 27.5 Å². The molecule has 19 heavy (non-hydrogen) atoms. The number of benzene rings is 1. The molecule has 1 aromatic heterocycles. The minimum Gasteiger partial charge on any atom is -0.495 e. The van der Waals surface area contributed by atoms with Crippen LogP contribution in [0, 0.1) is 0 Å². The third-order valence-corrected chi connectivity index (χ3v) is 4.09. The van der Waals surface area contributed by atoms with E-state index in [0.29, 0.717) is 5.02 Å². The summed E-state index contributed by atoms with van der Waals surface area (Å²) in [6, 6.07) is 9.53. The first-order valence-electron chi connectivity index (χ1n) is 5.78. The van der Waals surface area contributed by atoms with Gasteiger partial charge in [0.1, 0.15) is 11.4 Å². The molecule has 0 fully saturated rings. The van der Waals surface area contributed by atoms with E-state index in [-0.39, 0.29) is 6.04 Å². The van der Waals surface area contributed by atoms with E-state index in [2.05, 4.69) is 26.2 Å². The van der Waals surface area contributed by atoms with Crippen molar-refractivity contribution in [1.29, 1.82) is 0 Å². The Kier molecular flexibility index (Phi) is 4.80. The van der Waals surface area contributed by atoms with Crippen LogP contribution in [0.3, 0.4) is 0 Å². The van der Waals surface area contributed by atoms with Crippen LogP contribution in [0.15, 0.2) is 41.0 Å². The van der Waals surface area contributed by atoms with Gasteiger partial charge in [0, 0.05) is 10.7 Å². The molecule has 0 saturated heterocycles. The Morgan fingerprint density at radius 2 is 2.16 bits per heavy atom. The summed E-state index contributed by atoms with van der Waals surface area (Å²) < 4.78 is 6.23. The fourth-order valence-electron chi connectivity index (χ4n) is 1.95. The van der Waals surface area contributed by atoms with Crippen LogP contribution < -0.4 is 10.1 Å². The molecule has 1 N–H and O–H groups in total. The molecule has 1 atom stereocenters. The molecule has 100 valence electrons. The second-order valence-corrected chi connectivity index (χ2v) is 5.25. The van der Waals surface area contributed by atoms with Gasteiger partial charge in [-0.3, -0.25) is 4.98 Å². The molecule has 0 aliphatic heterocycles. The zero-order chi connectivity index (χ0) is 13.8. The lowest BCUT2D eigenvalue weighted by molar-refractivity contribution is 0.401. The number of nitrogens with zero attached hydrogens (tertiary/aromatic N) is 1. The first kappa shape index (κ1) is 14.3. The predicted octanol–water partition coefficient (Wildman–Crippen LogP) is 3.81. The van der Waals surface area contributed by atoms with E-state index in [4.69, 9.17) is 16.3 Å². The summed E-state index contributed by atoms with van der Waals surface area (Å²) in [4.78, 5) is 4.41. The highest BCUT2D eigenvalue weighted by molar-refractivity contribution is 9.10. The molecule has 3 nitrogen and oxygen atoms in total. The fraction of sp³-hybridized carbons (Fsp3) is 0.214. The van der Waals surface area contributed by atoms with Crippen molar-refractivity contribution in [2.75, 3.05) is 14.2 Å². The van der Waals surface area contributed by atoms with E-state index in [1.165, 1.54) is 0 Å². The molecule has 0 aliphatic carbocycles. The number of nitrogens with one attached hydrogen (secondary N) is 1. The van der Waals surface area contributed by atoms with E-state index < -0.39 is 0 Å². The number of halogens is 2. The van der Waals surface area contributed by atoms with Crippen LogP contribution in [0.25, 0.3) is 0 Å². The molecule has 0 saturated carbocycles. The van der Waals surface area contributed by atoms with Crippen molar-refractivity contribution in [3.05, 3.63) is 57.3 Å². The second kappa shape index (κ2) is 6.37. The van der Waals surface area contributed by atoms with Crippen LogP contribution in [-0.2, 0) is 0 Å². The van der Waals surface area contributed by atoms with Gasteiger partial charge in [-0.15, -0.1) is 0 Å². The molecule has 2 rings (SSSR count). The molecule has 1 aromatic carbocycles. The van der Waals surface area contributed by atoms with Crippen LogP contribution in [0.4, 0.5) is 0 Å². The lowest BCUT2D eigenvalue weighted by Crippen LogP contribution is -2.19. The Balaban J connectivity index is 2.46. The lowest BCUT2D eigenvalue weighted by atomic mass is 10.0. The first-order chi connectivity index (χ1) is 9.17. The fourth-order valence-corrected chi connectivity index (χ4v) is 2.38. The van der Waals surface area contributed by atoms with Gasteiger partial charge < -0.3 is 10.1 Å². The summed E-state index contributed by atoms with van der Waals surface area (Å²) >= 11 is 9.54. The monoisotopic (exact) mass is 340 g/mol. The maximum atomic E-state index is 6.15. The molecule has 0 spiro atoms. The predicted molar refractivity (Wildman–Crippen MR) is 80.8 cm³/mol. The lowest BCUT2D eigenvalue weighted by Gasteiger charge is -2.19. The topological polar surface area (TPSA) is 34.2 Å². The smallest absolute Gasteiger partial charge is 0.142 e. The minimum atomic E-state index is -0.0678. The molecule has 0 aliphatic rings. The molecule has 2 aromatic rings. The maximum Gasteiger partial charge on any atom is 0.142 e. The number of aromatic nitrogens is 1. The number of hydrogen-bond donors (Lipinski definition) is 1. The standard InChI is InChI=1S/C14H14BrClN2O/c1-17-13(9-5-6-10(15)11(16)8-9)14-12(19-2)4-3-7-18-14/h3-8,13,17H,1-2H3. The average Bonchev–Trinajstić information content (AvgIpc) is 2.44. The van der Waals surface area contributed by atoms with Crippen LogP contribution in [0.1, 0.15) is 17.3 Å². The molecule has 1 unspecified atom stereocenters. The highest BCUT2D eigenvalue weighted by Crippen LogP contribution is 2.31. The Morgan fingerprint density at radius 3 is 2.79 bits per heavy atom. The summed E-state index contributed by atoms with van der Waals surface area (Å²) in [6.07, 6.45) is 1.75. The van der Waals surface area contributed by atoms with E-state index >= 15 is 0 Å². The van der Waals surface area contributed by atoms with Crippen molar-refractivity contribution in [3.8, 4) is 5.75 Å². The number of methoxy groups -OCH3 is 1. The van der Waals surface area contributed by atoms with E-state index in [1.54, 1.807) is 13.3 Å². The summed E-state index contributed by atoms with van der Waals surface area (Å²) in [5.74, 6) is 0.751. The van der Waals surface area contributed by atoms with Crippen LogP contribution in [0.2, 0.25) is 5.02 Å². The minimum absolute atomic E-state index is 0.0678. The largest absolute Gasteiger partial charge is 0.495 e. The van der Waals surface area contributed by atoms with Gasteiger partial charge in [-0.2, -0.15) is 0 Å². The van der Waals surface area contributed by atoms with Gasteiger partial charge in [0.05, 0.1) is 18.2 Å². The third-order valence-electron chi connectivity index (χ3n) is 2.86. The Labute approximate surface area is 126 Å². The van der Waals surface area contributed by atoms with Gasteiger partial charge >= 0.3 is 0 Å². The second-order valence-electron chi connectivity index (χ2n) is 3.99. The normalized spacial score (nSPS) is 12.2. The van der Waals surface area contributed by atoms with Crippen molar-refractivity contribution in [1.82, 2.24) is 10.3 Å². The summed E-state index contributed by atoms with van der Waals surface area (Å²) in [5.41, 5.74) is 1.87. The quantitative estimate of drug-likeness (QED) is 0.918. The van der Waals surface area contributed by atoms with Crippen molar-refractivity contribution in [3.63, 3.8) is 0 Å². The van der Waals surface area contributed by atoms with Gasteiger partial charge in [0.2, 0.25) is 0 Å². The highest BCUT2D eigenvalue weighted by atomic mass is 79.9. The summed E-state index contributed by atoms with van der Waals surface area (Å²) in [7, 11) is 3.52. The van der Waals surface area contributed by atoms with Gasteiger partial charge in [-0.1, -0.05) is 17.7 Å². The Hall–Kier alpha value is -1.10. The molecular weight excluding hydrogens is 328 g/mol. The molecule has 5 heteroatoms.